The Bertz CT molecular complexity index is 1890. The molecule has 6 nitrogen and oxygen atoms in total. The van der Waals surface area contributed by atoms with Crippen molar-refractivity contribution in [2.75, 3.05) is 10.6 Å². The second-order valence-corrected chi connectivity index (χ2v) is 12.6. The monoisotopic (exact) mass is 606 g/mol. The number of carbonyl (C=O) groups is 2. The molecule has 0 unspecified atom stereocenters. The first kappa shape index (κ1) is 30.4. The number of hydrogen-bond donors (Lipinski definition) is 4. The van der Waals surface area contributed by atoms with Gasteiger partial charge in [0.05, 0.1) is 22.5 Å². The Morgan fingerprint density at radius 2 is 0.783 bits per heavy atom. The fraction of sp³-hybridized carbons (Fsp3) is 0.150. The van der Waals surface area contributed by atoms with E-state index >= 15 is 0 Å². The molecule has 0 aliphatic heterocycles. The summed E-state index contributed by atoms with van der Waals surface area (Å²) in [6.07, 6.45) is 0. The van der Waals surface area contributed by atoms with Crippen LogP contribution >= 0.6 is 0 Å². The first-order valence-corrected chi connectivity index (χ1v) is 15.5. The number of rotatable bonds is 7. The summed E-state index contributed by atoms with van der Waals surface area (Å²) in [6, 6.07) is 43.1. The van der Waals surface area contributed by atoms with Crippen molar-refractivity contribution >= 4 is 45.0 Å². The van der Waals surface area contributed by atoms with Crippen molar-refractivity contribution in [3.8, 4) is 11.1 Å². The summed E-state index contributed by atoms with van der Waals surface area (Å²) in [4.78, 5) is 27.3. The van der Waals surface area contributed by atoms with Crippen molar-refractivity contribution in [3.05, 3.63) is 145 Å². The Hall–Kier alpha value is -5.62. The van der Waals surface area contributed by atoms with E-state index in [1.165, 1.54) is 0 Å². The van der Waals surface area contributed by atoms with Crippen LogP contribution in [0.5, 0.6) is 0 Å². The van der Waals surface area contributed by atoms with E-state index in [0.717, 1.165) is 43.8 Å². The number of nitrogens with one attached hydrogen (secondary N) is 4. The highest BCUT2D eigenvalue weighted by molar-refractivity contribution is 6.16. The Labute approximate surface area is 269 Å². The molecule has 6 aromatic carbocycles. The first-order valence-electron chi connectivity index (χ1n) is 15.5. The molecule has 0 heterocycles. The van der Waals surface area contributed by atoms with Gasteiger partial charge < -0.3 is 21.3 Å². The summed E-state index contributed by atoms with van der Waals surface area (Å²) in [6.45, 7) is 7.91. The maximum Gasteiger partial charge on any atom is 0.319 e. The summed E-state index contributed by atoms with van der Waals surface area (Å²) in [5, 5.41) is 16.5. The molecular formula is C40H38N4O2. The zero-order valence-electron chi connectivity index (χ0n) is 26.5. The molecule has 6 aromatic rings. The van der Waals surface area contributed by atoms with Gasteiger partial charge in [0.2, 0.25) is 0 Å². The van der Waals surface area contributed by atoms with Crippen LogP contribution in [0, 0.1) is 0 Å². The second-order valence-electron chi connectivity index (χ2n) is 12.6. The van der Waals surface area contributed by atoms with Gasteiger partial charge in [-0.1, -0.05) is 121 Å². The lowest BCUT2D eigenvalue weighted by Gasteiger charge is -2.28. The molecule has 230 valence electrons. The summed E-state index contributed by atoms with van der Waals surface area (Å²) < 4.78 is 0. The molecule has 0 radical (unpaired) electrons. The lowest BCUT2D eigenvalue weighted by molar-refractivity contribution is 0.241. The number of carbonyl (C=O) groups excluding carboxylic acids is 2. The van der Waals surface area contributed by atoms with Gasteiger partial charge in [-0.05, 0) is 72.5 Å². The number of anilines is 2. The average Bonchev–Trinajstić information content (AvgIpc) is 3.05. The molecule has 0 aliphatic carbocycles. The van der Waals surface area contributed by atoms with E-state index in [-0.39, 0.29) is 12.1 Å². The van der Waals surface area contributed by atoms with E-state index in [9.17, 15) is 9.59 Å². The third-order valence-corrected chi connectivity index (χ3v) is 8.45. The van der Waals surface area contributed by atoms with Gasteiger partial charge in [0.15, 0.2) is 0 Å². The van der Waals surface area contributed by atoms with Crippen LogP contribution in [0.25, 0.3) is 32.7 Å². The minimum absolute atomic E-state index is 0.331. The van der Waals surface area contributed by atoms with E-state index in [2.05, 4.69) is 33.4 Å². The van der Waals surface area contributed by atoms with Gasteiger partial charge in [-0.3, -0.25) is 0 Å². The van der Waals surface area contributed by atoms with Crippen molar-refractivity contribution in [2.24, 2.45) is 0 Å². The molecule has 0 fully saturated rings. The van der Waals surface area contributed by atoms with Gasteiger partial charge in [0.1, 0.15) is 0 Å². The molecule has 4 amide bonds. The lowest BCUT2D eigenvalue weighted by Crippen LogP contribution is -2.43. The molecule has 4 N–H and O–H groups in total. The first-order chi connectivity index (χ1) is 22.1. The van der Waals surface area contributed by atoms with E-state index in [4.69, 9.17) is 0 Å². The summed E-state index contributed by atoms with van der Waals surface area (Å²) >= 11 is 0. The second kappa shape index (κ2) is 12.4. The van der Waals surface area contributed by atoms with E-state index in [0.29, 0.717) is 11.4 Å². The average molecular weight is 607 g/mol. The molecule has 0 atom stereocenters. The standard InChI is InChI=1S/C40H38N4O2/c1-39(2,29-17-7-5-8-18-29)43-37(45)41-33-25-23-27-15-11-13-21-31(27)35(33)36-32-22-14-12-16-28(32)24-26-34(36)42-38(46)44-40(3,4)30-19-9-6-10-20-30/h5-26H,1-4H3,(H2,41,43,45)(H2,42,44,46). The molecule has 46 heavy (non-hydrogen) atoms. The predicted molar refractivity (Wildman–Crippen MR) is 190 cm³/mol. The Morgan fingerprint density at radius 1 is 0.435 bits per heavy atom. The fourth-order valence-electron chi connectivity index (χ4n) is 6.02. The zero-order valence-corrected chi connectivity index (χ0v) is 26.5. The zero-order chi connectivity index (χ0) is 32.3. The summed E-state index contributed by atoms with van der Waals surface area (Å²) in [5.41, 5.74) is 3.66. The molecule has 6 heteroatoms. The van der Waals surface area contributed by atoms with E-state index in [1.54, 1.807) is 0 Å². The van der Waals surface area contributed by atoms with Crippen LogP contribution in [0.15, 0.2) is 133 Å². The summed E-state index contributed by atoms with van der Waals surface area (Å²) in [5.74, 6) is 0. The third kappa shape index (κ3) is 6.28. The van der Waals surface area contributed by atoms with Gasteiger partial charge >= 0.3 is 12.1 Å². The molecule has 0 aromatic heterocycles. The molecule has 0 aliphatic rings. The lowest BCUT2D eigenvalue weighted by atomic mass is 9.91. The quantitative estimate of drug-likeness (QED) is 0.146. The van der Waals surface area contributed by atoms with Crippen LogP contribution in [0.4, 0.5) is 21.0 Å². The van der Waals surface area contributed by atoms with Gasteiger partial charge in [0.25, 0.3) is 0 Å². The molecule has 6 rings (SSSR count). The van der Waals surface area contributed by atoms with Crippen LogP contribution in [-0.2, 0) is 11.1 Å². The highest BCUT2D eigenvalue weighted by atomic mass is 16.2. The van der Waals surface area contributed by atoms with Crippen LogP contribution in [0.2, 0.25) is 0 Å². The van der Waals surface area contributed by atoms with Crippen molar-refractivity contribution in [2.45, 2.75) is 38.8 Å². The minimum Gasteiger partial charge on any atom is -0.329 e. The number of amides is 4. The largest absolute Gasteiger partial charge is 0.329 e. The number of hydrogen-bond acceptors (Lipinski definition) is 2. The van der Waals surface area contributed by atoms with Crippen LogP contribution in [-0.4, -0.2) is 12.1 Å². The van der Waals surface area contributed by atoms with Crippen molar-refractivity contribution in [3.63, 3.8) is 0 Å². The smallest absolute Gasteiger partial charge is 0.319 e. The minimum atomic E-state index is -0.613. The van der Waals surface area contributed by atoms with Crippen LogP contribution < -0.4 is 21.3 Å². The molecular weight excluding hydrogens is 568 g/mol. The van der Waals surface area contributed by atoms with Crippen molar-refractivity contribution in [1.29, 1.82) is 0 Å². The SMILES string of the molecule is CC(C)(NC(=O)Nc1ccc2ccccc2c1-c1c(NC(=O)NC(C)(C)c2ccccc2)ccc2ccccc12)c1ccccc1. The molecule has 0 spiro atoms. The van der Waals surface area contributed by atoms with Crippen LogP contribution in [0.3, 0.4) is 0 Å². The normalized spacial score (nSPS) is 11.7. The molecule has 0 saturated carbocycles. The maximum absolute atomic E-state index is 13.6. The highest BCUT2D eigenvalue weighted by Gasteiger charge is 2.26. The Balaban J connectivity index is 1.43. The van der Waals surface area contributed by atoms with Gasteiger partial charge in [-0.2, -0.15) is 0 Å². The topological polar surface area (TPSA) is 82.3 Å². The van der Waals surface area contributed by atoms with Gasteiger partial charge in [0, 0.05) is 11.1 Å². The number of urea groups is 2. The molecule has 0 saturated heterocycles. The number of fused-ring (bicyclic) bond motifs is 2. The maximum atomic E-state index is 13.6. The number of benzene rings is 6. The third-order valence-electron chi connectivity index (χ3n) is 8.45. The van der Waals surface area contributed by atoms with Gasteiger partial charge in [-0.25, -0.2) is 9.59 Å². The van der Waals surface area contributed by atoms with E-state index in [1.807, 2.05) is 149 Å². The summed E-state index contributed by atoms with van der Waals surface area (Å²) in [7, 11) is 0. The van der Waals surface area contributed by atoms with E-state index < -0.39 is 11.1 Å². The Kier molecular flexibility index (Phi) is 8.20. The van der Waals surface area contributed by atoms with Crippen molar-refractivity contribution in [1.82, 2.24) is 10.6 Å². The van der Waals surface area contributed by atoms with Crippen molar-refractivity contribution < 1.29 is 9.59 Å². The predicted octanol–water partition coefficient (Wildman–Crippen LogP) is 9.77. The van der Waals surface area contributed by atoms with Gasteiger partial charge in [-0.15, -0.1) is 0 Å². The highest BCUT2D eigenvalue weighted by Crippen LogP contribution is 2.43. The van der Waals surface area contributed by atoms with Crippen LogP contribution in [0.1, 0.15) is 38.8 Å². The fourth-order valence-corrected chi connectivity index (χ4v) is 6.02. The Morgan fingerprint density at radius 3 is 1.17 bits per heavy atom. The molecule has 0 bridgehead atoms.